The van der Waals surface area contributed by atoms with Gasteiger partial charge >= 0.3 is 5.97 Å². The summed E-state index contributed by atoms with van der Waals surface area (Å²) in [7, 11) is 0. The number of halogens is 4. The van der Waals surface area contributed by atoms with Crippen molar-refractivity contribution in [2.24, 2.45) is 0 Å². The Balaban J connectivity index is 1.31. The number of carboxylic acids is 1. The number of benzene rings is 3. The Labute approximate surface area is 248 Å². The van der Waals surface area contributed by atoms with Crippen molar-refractivity contribution in [3.63, 3.8) is 0 Å². The van der Waals surface area contributed by atoms with Crippen molar-refractivity contribution in [2.45, 2.75) is 25.4 Å². The molecule has 0 radical (unpaired) electrons. The highest BCUT2D eigenvalue weighted by molar-refractivity contribution is 6.40. The Bertz CT molecular complexity index is 1750. The Morgan fingerprint density at radius 2 is 1.73 bits per heavy atom. The number of hydrogen-bond acceptors (Lipinski definition) is 6. The van der Waals surface area contributed by atoms with Crippen molar-refractivity contribution < 1.29 is 23.9 Å². The molecule has 11 heteroatoms. The number of hydrogen-bond donors (Lipinski definition) is 1. The van der Waals surface area contributed by atoms with Gasteiger partial charge in [0.05, 0.1) is 31.2 Å². The second kappa shape index (κ2) is 10.8. The second-order valence-electron chi connectivity index (χ2n) is 9.20. The number of rotatable bonds is 8. The number of ether oxygens (including phenoxy) is 2. The number of fused-ring (bicyclic) bond motifs is 1. The summed E-state index contributed by atoms with van der Waals surface area (Å²) in [5, 5.41) is 16.3. The first kappa shape index (κ1) is 26.7. The lowest BCUT2D eigenvalue weighted by atomic mass is 10.0. The van der Waals surface area contributed by atoms with Crippen LogP contribution in [0, 0.1) is 0 Å². The highest BCUT2D eigenvalue weighted by Crippen LogP contribution is 2.46. The van der Waals surface area contributed by atoms with Gasteiger partial charge in [-0.2, -0.15) is 0 Å². The molecule has 1 fully saturated rings. The van der Waals surface area contributed by atoms with Gasteiger partial charge in [-0.1, -0.05) is 57.6 Å². The molecular weight excluding hydrogens is 598 g/mol. The van der Waals surface area contributed by atoms with Crippen LogP contribution in [0.3, 0.4) is 0 Å². The van der Waals surface area contributed by atoms with Gasteiger partial charge in [0.1, 0.15) is 23.8 Å². The molecule has 0 atom stereocenters. The molecule has 1 N–H and O–H groups in total. The first-order valence-corrected chi connectivity index (χ1v) is 13.7. The van der Waals surface area contributed by atoms with Crippen LogP contribution in [0.2, 0.25) is 20.1 Å². The molecule has 40 heavy (non-hydrogen) atoms. The highest BCUT2D eigenvalue weighted by Gasteiger charge is 2.33. The molecule has 2 aromatic heterocycles. The lowest BCUT2D eigenvalue weighted by Crippen LogP contribution is -2.00. The van der Waals surface area contributed by atoms with E-state index in [1.165, 1.54) is 18.3 Å². The normalized spacial score (nSPS) is 13.0. The molecule has 0 amide bonds. The maximum absolute atomic E-state index is 11.1. The van der Waals surface area contributed by atoms with E-state index in [4.69, 9.17) is 65.5 Å². The van der Waals surface area contributed by atoms with Crippen LogP contribution >= 0.6 is 46.4 Å². The SMILES string of the molecule is O=C(O)c1ccc(Oc2c(Cl)cc(Cl)c3cc(OCc4c(-c5c(Cl)cccc5Cl)noc4C4CC4)ccc23)nc1. The van der Waals surface area contributed by atoms with Gasteiger partial charge in [0.2, 0.25) is 5.88 Å². The van der Waals surface area contributed by atoms with Gasteiger partial charge in [-0.25, -0.2) is 9.78 Å². The van der Waals surface area contributed by atoms with Crippen LogP contribution in [0.25, 0.3) is 22.0 Å². The lowest BCUT2D eigenvalue weighted by Gasteiger charge is -2.14. The molecule has 202 valence electrons. The van der Waals surface area contributed by atoms with Gasteiger partial charge in [0.25, 0.3) is 0 Å². The standard InChI is InChI=1S/C29H18Cl4N2O5/c30-20-2-1-3-21(31)25(20)26-19(27(40-35-26)14-4-5-14)13-38-16-7-8-17-18(10-16)22(32)11-23(33)28(17)39-24-9-6-15(12-34-24)29(36)37/h1-3,6-12,14H,4-5,13H2,(H,36,37). The summed E-state index contributed by atoms with van der Waals surface area (Å²) >= 11 is 26.0. The van der Waals surface area contributed by atoms with Crippen molar-refractivity contribution in [1.82, 2.24) is 10.1 Å². The van der Waals surface area contributed by atoms with Gasteiger partial charge in [-0.3, -0.25) is 0 Å². The molecule has 0 bridgehead atoms. The van der Waals surface area contributed by atoms with Gasteiger partial charge < -0.3 is 19.1 Å². The molecule has 2 heterocycles. The molecule has 0 aliphatic heterocycles. The molecule has 0 spiro atoms. The fourth-order valence-electron chi connectivity index (χ4n) is 4.37. The predicted molar refractivity (Wildman–Crippen MR) is 154 cm³/mol. The summed E-state index contributed by atoms with van der Waals surface area (Å²) in [6, 6.07) is 15.0. The van der Waals surface area contributed by atoms with Crippen LogP contribution < -0.4 is 9.47 Å². The summed E-state index contributed by atoms with van der Waals surface area (Å²) in [4.78, 5) is 15.2. The summed E-state index contributed by atoms with van der Waals surface area (Å²) in [6.07, 6.45) is 3.24. The average Bonchev–Trinajstić information content (AvgIpc) is 3.70. The summed E-state index contributed by atoms with van der Waals surface area (Å²) in [6.45, 7) is 0.173. The average molecular weight is 616 g/mol. The van der Waals surface area contributed by atoms with E-state index in [1.807, 2.05) is 0 Å². The zero-order valence-electron chi connectivity index (χ0n) is 20.5. The summed E-state index contributed by atoms with van der Waals surface area (Å²) in [5.41, 5.74) is 1.99. The van der Waals surface area contributed by atoms with E-state index in [1.54, 1.807) is 42.5 Å². The molecular formula is C29H18Cl4N2O5. The van der Waals surface area contributed by atoms with E-state index in [0.717, 1.165) is 24.2 Å². The molecule has 0 saturated heterocycles. The molecule has 6 rings (SSSR count). The van der Waals surface area contributed by atoms with Crippen LogP contribution in [-0.4, -0.2) is 21.2 Å². The van der Waals surface area contributed by atoms with E-state index in [0.29, 0.717) is 48.6 Å². The van der Waals surface area contributed by atoms with Gasteiger partial charge in [-0.15, -0.1) is 0 Å². The number of nitrogens with zero attached hydrogens (tertiary/aromatic N) is 2. The van der Waals surface area contributed by atoms with Crippen molar-refractivity contribution in [1.29, 1.82) is 0 Å². The number of aromatic nitrogens is 2. The quantitative estimate of drug-likeness (QED) is 0.186. The maximum atomic E-state index is 11.1. The van der Waals surface area contributed by atoms with E-state index < -0.39 is 5.97 Å². The minimum absolute atomic E-state index is 0.0406. The molecule has 1 saturated carbocycles. The number of carboxylic acid groups (broad SMARTS) is 1. The topological polar surface area (TPSA) is 94.7 Å². The van der Waals surface area contributed by atoms with Gasteiger partial charge in [0, 0.05) is 34.5 Å². The van der Waals surface area contributed by atoms with Gasteiger partial charge in [0.15, 0.2) is 5.75 Å². The van der Waals surface area contributed by atoms with Crippen LogP contribution in [0.5, 0.6) is 17.4 Å². The van der Waals surface area contributed by atoms with Crippen LogP contribution in [0.15, 0.2) is 65.3 Å². The summed E-state index contributed by atoms with van der Waals surface area (Å²) < 4.78 is 17.9. The number of aromatic carboxylic acids is 1. The zero-order chi connectivity index (χ0) is 28.0. The van der Waals surface area contributed by atoms with E-state index in [9.17, 15) is 4.79 Å². The highest BCUT2D eigenvalue weighted by atomic mass is 35.5. The zero-order valence-corrected chi connectivity index (χ0v) is 23.5. The monoisotopic (exact) mass is 614 g/mol. The van der Waals surface area contributed by atoms with Crippen LogP contribution in [0.1, 0.15) is 40.4 Å². The lowest BCUT2D eigenvalue weighted by molar-refractivity contribution is 0.0696. The van der Waals surface area contributed by atoms with Crippen molar-refractivity contribution in [3.05, 3.63) is 97.8 Å². The molecule has 5 aromatic rings. The first-order chi connectivity index (χ1) is 19.3. The minimum atomic E-state index is -1.08. The third-order valence-corrected chi connectivity index (χ3v) is 7.73. The maximum Gasteiger partial charge on any atom is 0.337 e. The van der Waals surface area contributed by atoms with Crippen molar-refractivity contribution >= 4 is 63.1 Å². The third-order valence-electron chi connectivity index (χ3n) is 6.50. The van der Waals surface area contributed by atoms with Gasteiger partial charge in [-0.05, 0) is 55.3 Å². The predicted octanol–water partition coefficient (Wildman–Crippen LogP) is 9.45. The van der Waals surface area contributed by atoms with Crippen LogP contribution in [-0.2, 0) is 6.61 Å². The molecule has 7 nitrogen and oxygen atoms in total. The van der Waals surface area contributed by atoms with Crippen molar-refractivity contribution in [2.75, 3.05) is 0 Å². The Kier molecular flexibility index (Phi) is 7.23. The molecule has 3 aromatic carbocycles. The number of carbonyl (C=O) groups is 1. The number of pyridine rings is 1. The Morgan fingerprint density at radius 3 is 2.40 bits per heavy atom. The largest absolute Gasteiger partial charge is 0.489 e. The minimum Gasteiger partial charge on any atom is -0.489 e. The second-order valence-corrected chi connectivity index (χ2v) is 10.8. The van der Waals surface area contributed by atoms with E-state index >= 15 is 0 Å². The third kappa shape index (κ3) is 5.18. The fourth-order valence-corrected chi connectivity index (χ4v) is 5.52. The summed E-state index contributed by atoms with van der Waals surface area (Å²) in [5.74, 6) is 1.03. The Hall–Kier alpha value is -3.49. The van der Waals surface area contributed by atoms with E-state index in [-0.39, 0.29) is 29.0 Å². The fraction of sp³-hybridized carbons (Fsp3) is 0.138. The van der Waals surface area contributed by atoms with Crippen LogP contribution in [0.4, 0.5) is 0 Å². The smallest absolute Gasteiger partial charge is 0.337 e. The first-order valence-electron chi connectivity index (χ1n) is 12.1. The molecule has 0 unspecified atom stereocenters. The molecule has 1 aliphatic carbocycles. The van der Waals surface area contributed by atoms with Crippen molar-refractivity contribution in [3.8, 4) is 28.6 Å². The molecule has 1 aliphatic rings. The Morgan fingerprint density at radius 1 is 0.950 bits per heavy atom. The van der Waals surface area contributed by atoms with E-state index in [2.05, 4.69) is 10.1 Å².